The summed E-state index contributed by atoms with van der Waals surface area (Å²) < 4.78 is 10.7. The van der Waals surface area contributed by atoms with Crippen LogP contribution in [-0.2, 0) is 15.9 Å². The summed E-state index contributed by atoms with van der Waals surface area (Å²) in [5.74, 6) is 0. The van der Waals surface area contributed by atoms with Gasteiger partial charge in [0.1, 0.15) is 12.2 Å². The van der Waals surface area contributed by atoms with Crippen molar-refractivity contribution in [2.75, 3.05) is 33.9 Å². The Kier molecular flexibility index (Phi) is 5.52. The molecule has 6 heteroatoms. The molecule has 0 saturated carbocycles. The molecule has 0 bridgehead atoms. The first-order valence-electron chi connectivity index (χ1n) is 7.15. The number of rotatable bonds is 5. The summed E-state index contributed by atoms with van der Waals surface area (Å²) in [4.78, 5) is 18.3. The average Bonchev–Trinajstić information content (AvgIpc) is 2.90. The number of likely N-dealkylation sites (tertiary alicyclic amines) is 1. The number of carbonyl (C=O) groups is 1. The number of urea groups is 1. The Morgan fingerprint density at radius 3 is 2.57 bits per heavy atom. The quantitative estimate of drug-likeness (QED) is 0.879. The van der Waals surface area contributed by atoms with E-state index in [1.807, 2.05) is 25.1 Å². The lowest BCUT2D eigenvalue weighted by Gasteiger charge is -2.16. The van der Waals surface area contributed by atoms with E-state index < -0.39 is 0 Å². The number of aromatic nitrogens is 1. The van der Waals surface area contributed by atoms with Crippen LogP contribution < -0.4 is 5.32 Å². The molecule has 0 unspecified atom stereocenters. The third kappa shape index (κ3) is 4.15. The molecular formula is C15H23N3O3. The maximum absolute atomic E-state index is 12.1. The number of nitrogens with zero attached hydrogens (tertiary/aromatic N) is 2. The molecule has 2 heterocycles. The van der Waals surface area contributed by atoms with Gasteiger partial charge in [0.25, 0.3) is 0 Å². The van der Waals surface area contributed by atoms with Crippen LogP contribution in [0.5, 0.6) is 0 Å². The van der Waals surface area contributed by atoms with Gasteiger partial charge >= 0.3 is 6.03 Å². The first-order valence-corrected chi connectivity index (χ1v) is 7.15. The highest BCUT2D eigenvalue weighted by molar-refractivity contribution is 5.74. The average molecular weight is 293 g/mol. The highest BCUT2D eigenvalue weighted by atomic mass is 16.5. The van der Waals surface area contributed by atoms with E-state index in [4.69, 9.17) is 9.47 Å². The molecule has 116 valence electrons. The van der Waals surface area contributed by atoms with E-state index in [1.165, 1.54) is 0 Å². The molecule has 2 atom stereocenters. The highest BCUT2D eigenvalue weighted by Crippen LogP contribution is 2.15. The lowest BCUT2D eigenvalue weighted by Crippen LogP contribution is -2.40. The lowest BCUT2D eigenvalue weighted by atomic mass is 10.2. The van der Waals surface area contributed by atoms with Crippen molar-refractivity contribution in [3.63, 3.8) is 0 Å². The topological polar surface area (TPSA) is 63.7 Å². The van der Waals surface area contributed by atoms with E-state index in [9.17, 15) is 4.79 Å². The van der Waals surface area contributed by atoms with Crippen LogP contribution in [0.15, 0.2) is 18.2 Å². The van der Waals surface area contributed by atoms with Gasteiger partial charge in [-0.05, 0) is 19.1 Å². The second kappa shape index (κ2) is 7.38. The third-order valence-electron chi connectivity index (χ3n) is 3.71. The molecule has 1 aliphatic heterocycles. The predicted octanol–water partition coefficient (Wildman–Crippen LogP) is 0.988. The number of hydrogen-bond acceptors (Lipinski definition) is 4. The second-order valence-corrected chi connectivity index (χ2v) is 5.21. The molecule has 21 heavy (non-hydrogen) atoms. The molecule has 0 aliphatic carbocycles. The van der Waals surface area contributed by atoms with Gasteiger partial charge in [-0.1, -0.05) is 6.07 Å². The number of carbonyl (C=O) groups excluding carboxylic acids is 1. The summed E-state index contributed by atoms with van der Waals surface area (Å²) in [6, 6.07) is 5.83. The first kappa shape index (κ1) is 15.7. The van der Waals surface area contributed by atoms with Gasteiger partial charge in [-0.15, -0.1) is 0 Å². The van der Waals surface area contributed by atoms with E-state index >= 15 is 0 Å². The predicted molar refractivity (Wildman–Crippen MR) is 79.2 cm³/mol. The highest BCUT2D eigenvalue weighted by Gasteiger charge is 2.35. The largest absolute Gasteiger partial charge is 0.377 e. The van der Waals surface area contributed by atoms with Gasteiger partial charge in [0.2, 0.25) is 0 Å². The fourth-order valence-electron chi connectivity index (χ4n) is 2.51. The molecule has 0 radical (unpaired) electrons. The number of aryl methyl sites for hydroxylation is 1. The molecule has 2 amide bonds. The van der Waals surface area contributed by atoms with E-state index in [-0.39, 0.29) is 18.2 Å². The summed E-state index contributed by atoms with van der Waals surface area (Å²) >= 11 is 0. The SMILES string of the molecule is CO[C@H]1CN(C(=O)NCCc2cccc(C)n2)C[C@H]1OC. The van der Waals surface area contributed by atoms with Gasteiger partial charge in [0.05, 0.1) is 13.1 Å². The molecule has 6 nitrogen and oxygen atoms in total. The van der Waals surface area contributed by atoms with Crippen molar-refractivity contribution in [2.24, 2.45) is 0 Å². The number of amides is 2. The van der Waals surface area contributed by atoms with Crippen molar-refractivity contribution in [3.8, 4) is 0 Å². The molecule has 1 N–H and O–H groups in total. The van der Waals surface area contributed by atoms with Crippen molar-refractivity contribution in [3.05, 3.63) is 29.6 Å². The van der Waals surface area contributed by atoms with Crippen LogP contribution in [0.4, 0.5) is 4.79 Å². The number of hydrogen-bond donors (Lipinski definition) is 1. The Balaban J connectivity index is 1.77. The van der Waals surface area contributed by atoms with E-state index in [1.54, 1.807) is 19.1 Å². The van der Waals surface area contributed by atoms with Gasteiger partial charge in [-0.2, -0.15) is 0 Å². The molecule has 1 aromatic rings. The Labute approximate surface area is 125 Å². The normalized spacial score (nSPS) is 21.6. The zero-order chi connectivity index (χ0) is 15.2. The zero-order valence-electron chi connectivity index (χ0n) is 12.8. The van der Waals surface area contributed by atoms with Crippen LogP contribution in [0.1, 0.15) is 11.4 Å². The van der Waals surface area contributed by atoms with Crippen molar-refractivity contribution in [1.29, 1.82) is 0 Å². The number of methoxy groups -OCH3 is 2. The van der Waals surface area contributed by atoms with Crippen LogP contribution >= 0.6 is 0 Å². The van der Waals surface area contributed by atoms with Crippen molar-refractivity contribution in [1.82, 2.24) is 15.2 Å². The van der Waals surface area contributed by atoms with Gasteiger partial charge in [0, 0.05) is 38.6 Å². The Morgan fingerprint density at radius 1 is 1.33 bits per heavy atom. The minimum atomic E-state index is -0.0794. The molecular weight excluding hydrogens is 270 g/mol. The summed E-state index contributed by atoms with van der Waals surface area (Å²) in [5, 5.41) is 2.92. The van der Waals surface area contributed by atoms with Gasteiger partial charge in [0.15, 0.2) is 0 Å². The smallest absolute Gasteiger partial charge is 0.317 e. The van der Waals surface area contributed by atoms with Crippen LogP contribution in [-0.4, -0.2) is 62.0 Å². The summed E-state index contributed by atoms with van der Waals surface area (Å²) in [5.41, 5.74) is 1.98. The number of pyridine rings is 1. The third-order valence-corrected chi connectivity index (χ3v) is 3.71. The van der Waals surface area contributed by atoms with Crippen LogP contribution in [0.25, 0.3) is 0 Å². The Hall–Kier alpha value is -1.66. The fraction of sp³-hybridized carbons (Fsp3) is 0.600. The molecule has 0 spiro atoms. The van der Waals surface area contributed by atoms with Gasteiger partial charge < -0.3 is 19.7 Å². The summed E-state index contributed by atoms with van der Waals surface area (Å²) in [7, 11) is 3.28. The van der Waals surface area contributed by atoms with E-state index in [0.29, 0.717) is 19.6 Å². The number of ether oxygens (including phenoxy) is 2. The minimum Gasteiger partial charge on any atom is -0.377 e. The maximum atomic E-state index is 12.1. The molecule has 0 aromatic carbocycles. The molecule has 1 aromatic heterocycles. The molecule has 1 aliphatic rings. The second-order valence-electron chi connectivity index (χ2n) is 5.21. The van der Waals surface area contributed by atoms with Gasteiger partial charge in [-0.3, -0.25) is 4.98 Å². The summed E-state index contributed by atoms with van der Waals surface area (Å²) in [6.07, 6.45) is 0.612. The van der Waals surface area contributed by atoms with Crippen LogP contribution in [0.3, 0.4) is 0 Å². The minimum absolute atomic E-state index is 0.0563. The van der Waals surface area contributed by atoms with Crippen molar-refractivity contribution >= 4 is 6.03 Å². The van der Waals surface area contributed by atoms with E-state index in [2.05, 4.69) is 10.3 Å². The Bertz CT molecular complexity index is 469. The fourth-order valence-corrected chi connectivity index (χ4v) is 2.51. The van der Waals surface area contributed by atoms with E-state index in [0.717, 1.165) is 17.8 Å². The zero-order valence-corrected chi connectivity index (χ0v) is 12.8. The van der Waals surface area contributed by atoms with Crippen LogP contribution in [0.2, 0.25) is 0 Å². The Morgan fingerprint density at radius 2 is 2.00 bits per heavy atom. The lowest BCUT2D eigenvalue weighted by molar-refractivity contribution is -0.00461. The maximum Gasteiger partial charge on any atom is 0.317 e. The first-order chi connectivity index (χ1) is 10.1. The summed E-state index contributed by atoms with van der Waals surface area (Å²) in [6.45, 7) is 3.65. The van der Waals surface area contributed by atoms with Gasteiger partial charge in [-0.25, -0.2) is 4.79 Å². The molecule has 1 saturated heterocycles. The number of nitrogens with one attached hydrogen (secondary N) is 1. The van der Waals surface area contributed by atoms with Crippen LogP contribution in [0, 0.1) is 6.92 Å². The molecule has 2 rings (SSSR count). The molecule has 1 fully saturated rings. The van der Waals surface area contributed by atoms with Crippen molar-refractivity contribution in [2.45, 2.75) is 25.6 Å². The monoisotopic (exact) mass is 293 g/mol. The standard InChI is InChI=1S/C15H23N3O3/c1-11-5-4-6-12(17-11)7-8-16-15(19)18-9-13(20-2)14(10-18)21-3/h4-6,13-14H,7-10H2,1-3H3,(H,16,19)/t13-,14+. The van der Waals surface area contributed by atoms with Crippen molar-refractivity contribution < 1.29 is 14.3 Å².